The van der Waals surface area contributed by atoms with Gasteiger partial charge < -0.3 is 4.48 Å². The minimum absolute atomic E-state index is 0.880. The smallest absolute Gasteiger partial charge is 0.0952 e. The van der Waals surface area contributed by atoms with Crippen molar-refractivity contribution in [1.82, 2.24) is 0 Å². The lowest BCUT2D eigenvalue weighted by Crippen LogP contribution is -2.62. The molecule has 3 fully saturated rings. The topological polar surface area (TPSA) is 0 Å². The van der Waals surface area contributed by atoms with Crippen LogP contribution in [0.2, 0.25) is 0 Å². The van der Waals surface area contributed by atoms with Crippen molar-refractivity contribution < 1.29 is 4.48 Å². The third-order valence-corrected chi connectivity index (χ3v) is 4.79. The summed E-state index contributed by atoms with van der Waals surface area (Å²) in [5.74, 6) is 0. The summed E-state index contributed by atoms with van der Waals surface area (Å²) in [7, 11) is 7.08. The van der Waals surface area contributed by atoms with Crippen molar-refractivity contribution in [2.75, 3.05) is 21.1 Å². The molecule has 3 unspecified atom stereocenters. The Balaban J connectivity index is 1.87. The van der Waals surface area contributed by atoms with Gasteiger partial charge in [0.2, 0.25) is 0 Å². The lowest BCUT2D eigenvalue weighted by molar-refractivity contribution is -0.911. The SMILES string of the molecule is C[N+](C)(C)C1CC23CCC12C3. The quantitative estimate of drug-likeness (QED) is 0.501. The third kappa shape index (κ3) is 0.462. The van der Waals surface area contributed by atoms with Gasteiger partial charge in [-0.1, -0.05) is 0 Å². The van der Waals surface area contributed by atoms with Crippen molar-refractivity contribution in [3.8, 4) is 0 Å². The monoisotopic (exact) mass is 152 g/mol. The summed E-state index contributed by atoms with van der Waals surface area (Å²) < 4.78 is 1.21. The summed E-state index contributed by atoms with van der Waals surface area (Å²) in [5.41, 5.74) is 1.80. The van der Waals surface area contributed by atoms with E-state index in [1.807, 2.05) is 0 Å². The van der Waals surface area contributed by atoms with Crippen LogP contribution in [-0.4, -0.2) is 31.7 Å². The van der Waals surface area contributed by atoms with E-state index in [0.29, 0.717) is 0 Å². The molecule has 0 radical (unpaired) electrons. The highest BCUT2D eigenvalue weighted by Crippen LogP contribution is 2.89. The van der Waals surface area contributed by atoms with Crippen LogP contribution in [0.25, 0.3) is 0 Å². The molecule has 1 nitrogen and oxygen atoms in total. The Bertz CT molecular complexity index is 228. The molecule has 0 aromatic carbocycles. The second-order valence-electron chi connectivity index (χ2n) is 5.95. The fourth-order valence-electron chi connectivity index (χ4n) is 4.00. The van der Waals surface area contributed by atoms with Gasteiger partial charge in [0.25, 0.3) is 0 Å². The van der Waals surface area contributed by atoms with Gasteiger partial charge in [-0.25, -0.2) is 0 Å². The van der Waals surface area contributed by atoms with Gasteiger partial charge in [-0.3, -0.25) is 0 Å². The van der Waals surface area contributed by atoms with Gasteiger partial charge in [-0.15, -0.1) is 0 Å². The minimum Gasteiger partial charge on any atom is -0.328 e. The fraction of sp³-hybridized carbons (Fsp3) is 1.00. The van der Waals surface area contributed by atoms with Crippen LogP contribution in [0, 0.1) is 10.8 Å². The average Bonchev–Trinajstić information content (AvgIpc) is 2.33. The highest BCUT2D eigenvalue weighted by atomic mass is 15.4. The molecule has 3 rings (SSSR count). The summed E-state index contributed by atoms with van der Waals surface area (Å²) >= 11 is 0. The highest BCUT2D eigenvalue weighted by molar-refractivity contribution is 5.33. The van der Waals surface area contributed by atoms with E-state index in [4.69, 9.17) is 0 Å². The first-order valence-corrected chi connectivity index (χ1v) is 4.81. The molecule has 0 aromatic heterocycles. The molecule has 3 aliphatic carbocycles. The summed E-state index contributed by atoms with van der Waals surface area (Å²) in [6, 6.07) is 1.01. The molecule has 1 heteroatoms. The van der Waals surface area contributed by atoms with Gasteiger partial charge in [0.1, 0.15) is 0 Å². The molecule has 0 aliphatic heterocycles. The maximum Gasteiger partial charge on any atom is 0.0952 e. The van der Waals surface area contributed by atoms with Gasteiger partial charge in [-0.2, -0.15) is 0 Å². The molecule has 0 spiro atoms. The van der Waals surface area contributed by atoms with Crippen molar-refractivity contribution in [3.05, 3.63) is 0 Å². The summed E-state index contributed by atoms with van der Waals surface area (Å²) in [6.45, 7) is 0. The van der Waals surface area contributed by atoms with Crippen molar-refractivity contribution >= 4 is 0 Å². The van der Waals surface area contributed by atoms with Crippen LogP contribution >= 0.6 is 0 Å². The lowest BCUT2D eigenvalue weighted by Gasteiger charge is -2.56. The Hall–Kier alpha value is -0.0400. The Labute approximate surface area is 69.0 Å². The summed E-state index contributed by atoms with van der Waals surface area (Å²) in [4.78, 5) is 0. The Morgan fingerprint density at radius 2 is 1.91 bits per heavy atom. The van der Waals surface area contributed by atoms with Crippen LogP contribution < -0.4 is 0 Å². The second-order valence-corrected chi connectivity index (χ2v) is 5.95. The molecule has 3 aliphatic rings. The molecule has 0 aromatic rings. The predicted octanol–water partition coefficient (Wildman–Crippen LogP) is 1.64. The first kappa shape index (κ1) is 6.47. The second kappa shape index (κ2) is 1.28. The van der Waals surface area contributed by atoms with Gasteiger partial charge in [0.15, 0.2) is 0 Å². The van der Waals surface area contributed by atoms with Gasteiger partial charge in [0, 0.05) is 11.8 Å². The van der Waals surface area contributed by atoms with Gasteiger partial charge in [0.05, 0.1) is 27.2 Å². The van der Waals surface area contributed by atoms with Crippen molar-refractivity contribution in [3.63, 3.8) is 0 Å². The Morgan fingerprint density at radius 1 is 1.18 bits per heavy atom. The summed E-state index contributed by atoms with van der Waals surface area (Å²) in [5, 5.41) is 0. The molecule has 0 amide bonds. The van der Waals surface area contributed by atoms with E-state index >= 15 is 0 Å². The largest absolute Gasteiger partial charge is 0.328 e. The maximum atomic E-state index is 2.36. The van der Waals surface area contributed by atoms with Crippen LogP contribution in [-0.2, 0) is 0 Å². The number of hydrogen-bond donors (Lipinski definition) is 0. The zero-order valence-corrected chi connectivity index (χ0v) is 7.85. The van der Waals surface area contributed by atoms with Crippen LogP contribution in [0.1, 0.15) is 25.7 Å². The Morgan fingerprint density at radius 3 is 2.00 bits per heavy atom. The molecular formula is C10H18N+. The number of nitrogens with zero attached hydrogens (tertiary/aromatic N) is 1. The standard InChI is InChI=1S/C10H18N/c1-11(2,3)8-6-9-4-5-10(8,9)7-9/h8H,4-7H2,1-3H3/q+1. The fourth-order valence-corrected chi connectivity index (χ4v) is 4.00. The molecule has 0 heterocycles. The van der Waals surface area contributed by atoms with E-state index in [1.54, 1.807) is 19.3 Å². The van der Waals surface area contributed by atoms with E-state index in [0.717, 1.165) is 16.9 Å². The van der Waals surface area contributed by atoms with Gasteiger partial charge >= 0.3 is 0 Å². The van der Waals surface area contributed by atoms with Crippen molar-refractivity contribution in [1.29, 1.82) is 0 Å². The van der Waals surface area contributed by atoms with Crippen molar-refractivity contribution in [2.24, 2.45) is 10.8 Å². The van der Waals surface area contributed by atoms with Crippen LogP contribution in [0.5, 0.6) is 0 Å². The molecule has 62 valence electrons. The molecule has 0 bridgehead atoms. The first-order chi connectivity index (χ1) is 5.00. The highest BCUT2D eigenvalue weighted by Gasteiger charge is 2.87. The van der Waals surface area contributed by atoms with E-state index < -0.39 is 0 Å². The zero-order valence-electron chi connectivity index (χ0n) is 7.85. The molecule has 0 N–H and O–H groups in total. The van der Waals surface area contributed by atoms with Crippen LogP contribution in [0.4, 0.5) is 0 Å². The molecule has 11 heavy (non-hydrogen) atoms. The predicted molar refractivity (Wildman–Crippen MR) is 45.2 cm³/mol. The van der Waals surface area contributed by atoms with E-state index in [-0.39, 0.29) is 0 Å². The normalized spacial score (nSPS) is 58.6. The molecule has 3 saturated carbocycles. The van der Waals surface area contributed by atoms with Crippen LogP contribution in [0.3, 0.4) is 0 Å². The number of rotatable bonds is 1. The van der Waals surface area contributed by atoms with Crippen LogP contribution in [0.15, 0.2) is 0 Å². The number of hydrogen-bond acceptors (Lipinski definition) is 0. The minimum atomic E-state index is 0.880. The van der Waals surface area contributed by atoms with Gasteiger partial charge in [-0.05, 0) is 24.7 Å². The Kier molecular flexibility index (Phi) is 0.755. The first-order valence-electron chi connectivity index (χ1n) is 4.81. The zero-order chi connectivity index (χ0) is 7.91. The number of quaternary nitrogens is 1. The van der Waals surface area contributed by atoms with E-state index in [1.165, 1.54) is 10.9 Å². The third-order valence-electron chi connectivity index (χ3n) is 4.79. The molecule has 0 saturated heterocycles. The lowest BCUT2D eigenvalue weighted by atomic mass is 9.55. The van der Waals surface area contributed by atoms with Crippen molar-refractivity contribution in [2.45, 2.75) is 31.7 Å². The molecular weight excluding hydrogens is 134 g/mol. The maximum absolute atomic E-state index is 2.36. The average molecular weight is 152 g/mol. The van der Waals surface area contributed by atoms with E-state index in [2.05, 4.69) is 21.1 Å². The summed E-state index contributed by atoms with van der Waals surface area (Å²) in [6.07, 6.45) is 6.23. The molecule has 3 atom stereocenters. The van der Waals surface area contributed by atoms with E-state index in [9.17, 15) is 0 Å².